The maximum atomic E-state index is 13.2. The van der Waals surface area contributed by atoms with E-state index in [1.54, 1.807) is 0 Å². The van der Waals surface area contributed by atoms with Crippen molar-refractivity contribution in [2.75, 3.05) is 13.1 Å². The molecule has 0 aromatic rings. The lowest BCUT2D eigenvalue weighted by molar-refractivity contribution is -0.124. The molecule has 1 saturated heterocycles. The van der Waals surface area contributed by atoms with Crippen molar-refractivity contribution in [1.29, 1.82) is 0 Å². The molecule has 0 aromatic carbocycles. The van der Waals surface area contributed by atoms with Crippen molar-refractivity contribution < 1.29 is 9.13 Å². The van der Waals surface area contributed by atoms with Crippen LogP contribution in [0.3, 0.4) is 0 Å². The standard InChI is InChI=1S/C13H24FNO/c1-13(2,3)16-12-7-11(8-12)15-6-4-5-10(14)9-15/h10-12H,4-9H2,1-3H3/t10-,11-,12-/m1/s1. The average Bonchev–Trinajstić information content (AvgIpc) is 2.09. The van der Waals surface area contributed by atoms with Crippen LogP contribution in [0, 0.1) is 0 Å². The summed E-state index contributed by atoms with van der Waals surface area (Å²) in [7, 11) is 0. The van der Waals surface area contributed by atoms with Gasteiger partial charge in [0.05, 0.1) is 11.7 Å². The van der Waals surface area contributed by atoms with E-state index < -0.39 is 6.17 Å². The van der Waals surface area contributed by atoms with E-state index in [4.69, 9.17) is 4.74 Å². The molecule has 16 heavy (non-hydrogen) atoms. The number of rotatable bonds is 2. The van der Waals surface area contributed by atoms with Crippen molar-refractivity contribution in [3.05, 3.63) is 0 Å². The van der Waals surface area contributed by atoms with Gasteiger partial charge >= 0.3 is 0 Å². The summed E-state index contributed by atoms with van der Waals surface area (Å²) in [4.78, 5) is 2.32. The summed E-state index contributed by atoms with van der Waals surface area (Å²) in [5, 5.41) is 0. The van der Waals surface area contributed by atoms with Gasteiger partial charge in [-0.15, -0.1) is 0 Å². The number of halogens is 1. The summed E-state index contributed by atoms with van der Waals surface area (Å²) in [6.07, 6.45) is 3.74. The van der Waals surface area contributed by atoms with Crippen molar-refractivity contribution in [2.24, 2.45) is 0 Å². The zero-order valence-corrected chi connectivity index (χ0v) is 10.7. The minimum absolute atomic E-state index is 0.0415. The minimum atomic E-state index is -0.601. The summed E-state index contributed by atoms with van der Waals surface area (Å²) < 4.78 is 19.2. The summed E-state index contributed by atoms with van der Waals surface area (Å²) in [6, 6.07) is 0.575. The molecule has 0 spiro atoms. The molecule has 2 aliphatic rings. The van der Waals surface area contributed by atoms with Crippen LogP contribution >= 0.6 is 0 Å². The monoisotopic (exact) mass is 229 g/mol. The second-order valence-electron chi connectivity index (χ2n) is 6.21. The van der Waals surface area contributed by atoms with Gasteiger partial charge in [0.2, 0.25) is 0 Å². The Morgan fingerprint density at radius 1 is 1.25 bits per heavy atom. The summed E-state index contributed by atoms with van der Waals surface area (Å²) >= 11 is 0. The molecule has 1 atom stereocenters. The van der Waals surface area contributed by atoms with E-state index in [-0.39, 0.29) is 5.60 Å². The number of hydrogen-bond donors (Lipinski definition) is 0. The Labute approximate surface area is 98.1 Å². The number of nitrogens with zero attached hydrogens (tertiary/aromatic N) is 1. The molecule has 0 bridgehead atoms. The molecule has 0 N–H and O–H groups in total. The molecule has 2 nitrogen and oxygen atoms in total. The summed E-state index contributed by atoms with van der Waals surface area (Å²) in [5.74, 6) is 0. The fourth-order valence-corrected chi connectivity index (χ4v) is 2.72. The van der Waals surface area contributed by atoms with Crippen LogP contribution in [0.25, 0.3) is 0 Å². The van der Waals surface area contributed by atoms with E-state index in [2.05, 4.69) is 25.7 Å². The lowest BCUT2D eigenvalue weighted by atomic mass is 9.86. The molecule has 1 aliphatic heterocycles. The maximum absolute atomic E-state index is 13.2. The number of hydrogen-bond acceptors (Lipinski definition) is 2. The van der Waals surface area contributed by atoms with E-state index >= 15 is 0 Å². The molecule has 0 radical (unpaired) electrons. The average molecular weight is 229 g/mol. The van der Waals surface area contributed by atoms with Crippen molar-refractivity contribution >= 4 is 0 Å². The first kappa shape index (κ1) is 12.3. The lowest BCUT2D eigenvalue weighted by Gasteiger charge is -2.46. The highest BCUT2D eigenvalue weighted by atomic mass is 19.1. The highest BCUT2D eigenvalue weighted by Gasteiger charge is 2.37. The molecule has 0 amide bonds. The first-order chi connectivity index (χ1) is 7.44. The van der Waals surface area contributed by atoms with E-state index in [0.29, 0.717) is 18.7 Å². The van der Waals surface area contributed by atoms with Gasteiger partial charge in [-0.05, 0) is 53.0 Å². The van der Waals surface area contributed by atoms with Crippen molar-refractivity contribution in [3.8, 4) is 0 Å². The van der Waals surface area contributed by atoms with Crippen LogP contribution in [0.5, 0.6) is 0 Å². The van der Waals surface area contributed by atoms with Crippen molar-refractivity contribution in [2.45, 2.75) is 70.4 Å². The maximum Gasteiger partial charge on any atom is 0.113 e. The largest absolute Gasteiger partial charge is 0.373 e. The van der Waals surface area contributed by atoms with Crippen LogP contribution in [-0.2, 0) is 4.74 Å². The second kappa shape index (κ2) is 4.61. The third kappa shape index (κ3) is 3.17. The third-order valence-corrected chi connectivity index (χ3v) is 3.50. The van der Waals surface area contributed by atoms with Gasteiger partial charge in [0, 0.05) is 12.6 Å². The Bertz CT molecular complexity index is 233. The van der Waals surface area contributed by atoms with Gasteiger partial charge in [-0.2, -0.15) is 0 Å². The van der Waals surface area contributed by atoms with Gasteiger partial charge < -0.3 is 4.74 Å². The zero-order valence-electron chi connectivity index (χ0n) is 10.7. The van der Waals surface area contributed by atoms with E-state index in [1.807, 2.05) is 0 Å². The van der Waals surface area contributed by atoms with Crippen LogP contribution in [0.1, 0.15) is 46.5 Å². The second-order valence-corrected chi connectivity index (χ2v) is 6.21. The Balaban J connectivity index is 1.71. The molecule has 1 saturated carbocycles. The normalized spacial score (nSPS) is 37.1. The highest BCUT2D eigenvalue weighted by molar-refractivity contribution is 4.91. The highest BCUT2D eigenvalue weighted by Crippen LogP contribution is 2.33. The van der Waals surface area contributed by atoms with Gasteiger partial charge in [0.1, 0.15) is 6.17 Å². The molecule has 2 rings (SSSR count). The Morgan fingerprint density at radius 2 is 1.94 bits per heavy atom. The predicted molar refractivity (Wildman–Crippen MR) is 63.4 cm³/mol. The van der Waals surface area contributed by atoms with Crippen LogP contribution in [-0.4, -0.2) is 41.9 Å². The van der Waals surface area contributed by atoms with E-state index in [9.17, 15) is 4.39 Å². The van der Waals surface area contributed by atoms with Crippen LogP contribution in [0.4, 0.5) is 4.39 Å². The summed E-state index contributed by atoms with van der Waals surface area (Å²) in [5.41, 5.74) is -0.0415. The van der Waals surface area contributed by atoms with Gasteiger partial charge in [0.15, 0.2) is 0 Å². The lowest BCUT2D eigenvalue weighted by Crippen LogP contribution is -2.53. The Kier molecular flexibility index (Phi) is 3.55. The first-order valence-electron chi connectivity index (χ1n) is 6.50. The Morgan fingerprint density at radius 3 is 2.50 bits per heavy atom. The van der Waals surface area contributed by atoms with Crippen LogP contribution in [0.15, 0.2) is 0 Å². The van der Waals surface area contributed by atoms with Crippen molar-refractivity contribution in [1.82, 2.24) is 4.90 Å². The molecule has 94 valence electrons. The van der Waals surface area contributed by atoms with E-state index in [1.165, 1.54) is 0 Å². The third-order valence-electron chi connectivity index (χ3n) is 3.50. The molecule has 3 heteroatoms. The SMILES string of the molecule is CC(C)(C)O[C@H]1C[C@H](N2CCC[C@@H](F)C2)C1. The fourth-order valence-electron chi connectivity index (χ4n) is 2.72. The summed E-state index contributed by atoms with van der Waals surface area (Å²) in [6.45, 7) is 8.01. The van der Waals surface area contributed by atoms with Gasteiger partial charge in [0.25, 0.3) is 0 Å². The zero-order chi connectivity index (χ0) is 11.8. The number of piperidine rings is 1. The molecule has 1 aliphatic carbocycles. The predicted octanol–water partition coefficient (Wildman–Crippen LogP) is 2.77. The number of alkyl halides is 1. The van der Waals surface area contributed by atoms with Crippen molar-refractivity contribution in [3.63, 3.8) is 0 Å². The fraction of sp³-hybridized carbons (Fsp3) is 1.00. The molecular formula is C13H24FNO. The number of likely N-dealkylation sites (tertiary alicyclic amines) is 1. The van der Waals surface area contributed by atoms with Crippen LogP contribution < -0.4 is 0 Å². The van der Waals surface area contributed by atoms with Gasteiger partial charge in [-0.25, -0.2) is 4.39 Å². The molecule has 2 fully saturated rings. The van der Waals surface area contributed by atoms with Gasteiger partial charge in [-0.3, -0.25) is 4.90 Å². The molecule has 1 heterocycles. The minimum Gasteiger partial charge on any atom is -0.373 e. The number of ether oxygens (including phenoxy) is 1. The van der Waals surface area contributed by atoms with Crippen LogP contribution in [0.2, 0.25) is 0 Å². The quantitative estimate of drug-likeness (QED) is 0.722. The Hall–Kier alpha value is -0.150. The topological polar surface area (TPSA) is 12.5 Å². The first-order valence-corrected chi connectivity index (χ1v) is 6.50. The van der Waals surface area contributed by atoms with Gasteiger partial charge in [-0.1, -0.05) is 0 Å². The molecule has 0 unspecified atom stereocenters. The molecular weight excluding hydrogens is 205 g/mol. The van der Waals surface area contributed by atoms with E-state index in [0.717, 1.165) is 32.2 Å². The molecule has 0 aromatic heterocycles. The smallest absolute Gasteiger partial charge is 0.113 e.